The van der Waals surface area contributed by atoms with Gasteiger partial charge in [-0.15, -0.1) is 0 Å². The Bertz CT molecular complexity index is 675. The second-order valence-electron chi connectivity index (χ2n) is 5.83. The van der Waals surface area contributed by atoms with Gasteiger partial charge in [0.1, 0.15) is 12.1 Å². The van der Waals surface area contributed by atoms with Crippen molar-refractivity contribution in [1.29, 1.82) is 0 Å². The Morgan fingerprint density at radius 3 is 2.75 bits per heavy atom. The van der Waals surface area contributed by atoms with Gasteiger partial charge in [-0.05, 0) is 44.0 Å². The van der Waals surface area contributed by atoms with Crippen molar-refractivity contribution in [1.82, 2.24) is 15.2 Å². The third-order valence-corrected chi connectivity index (χ3v) is 4.01. The van der Waals surface area contributed by atoms with Crippen LogP contribution in [-0.4, -0.2) is 42.0 Å². The van der Waals surface area contributed by atoms with Crippen LogP contribution in [0.3, 0.4) is 0 Å². The molecule has 2 aromatic rings. The van der Waals surface area contributed by atoms with Gasteiger partial charge in [-0.25, -0.2) is 9.37 Å². The molecule has 6 heteroatoms. The molecule has 3 rings (SSSR count). The minimum Gasteiger partial charge on any atom is -0.444 e. The highest BCUT2D eigenvalue weighted by Crippen LogP contribution is 2.19. The summed E-state index contributed by atoms with van der Waals surface area (Å²) in [6.07, 6.45) is 4.83. The first kappa shape index (κ1) is 16.5. The normalized spacial score (nSPS) is 15.1. The van der Waals surface area contributed by atoms with Crippen molar-refractivity contribution in [2.24, 2.45) is 4.99 Å². The zero-order valence-corrected chi connectivity index (χ0v) is 14.0. The lowest BCUT2D eigenvalue weighted by Gasteiger charge is -2.20. The van der Waals surface area contributed by atoms with Gasteiger partial charge in [-0.2, -0.15) is 0 Å². The van der Waals surface area contributed by atoms with Crippen molar-refractivity contribution in [2.45, 2.75) is 26.2 Å². The number of nitrogens with one attached hydrogen (secondary N) is 1. The van der Waals surface area contributed by atoms with E-state index in [2.05, 4.69) is 27.1 Å². The standard InChI is InChI=1S/C18H23FN4O/c1-2-20-18(23-11-3-4-12-23)21-10-9-16-13-24-17(22-16)14-5-7-15(19)8-6-14/h5-8,13H,2-4,9-12H2,1H3,(H,20,21). The number of hydrogen-bond acceptors (Lipinski definition) is 3. The highest BCUT2D eigenvalue weighted by atomic mass is 19.1. The maximum Gasteiger partial charge on any atom is 0.226 e. The molecule has 128 valence electrons. The molecule has 0 spiro atoms. The van der Waals surface area contributed by atoms with E-state index in [-0.39, 0.29) is 5.82 Å². The molecular weight excluding hydrogens is 307 g/mol. The summed E-state index contributed by atoms with van der Waals surface area (Å²) in [5.74, 6) is 1.23. The predicted octanol–water partition coefficient (Wildman–Crippen LogP) is 3.08. The molecule has 2 heterocycles. The largest absolute Gasteiger partial charge is 0.444 e. The van der Waals surface area contributed by atoms with Crippen LogP contribution in [0.5, 0.6) is 0 Å². The average molecular weight is 330 g/mol. The molecule has 24 heavy (non-hydrogen) atoms. The van der Waals surface area contributed by atoms with Gasteiger partial charge >= 0.3 is 0 Å². The number of aromatic nitrogens is 1. The van der Waals surface area contributed by atoms with Gasteiger partial charge in [0.05, 0.1) is 5.69 Å². The number of likely N-dealkylation sites (tertiary alicyclic amines) is 1. The number of guanidine groups is 1. The SMILES string of the molecule is CCNC(=NCCc1coc(-c2ccc(F)cc2)n1)N1CCCC1. The van der Waals surface area contributed by atoms with Gasteiger partial charge in [-0.1, -0.05) is 0 Å². The Hall–Kier alpha value is -2.37. The van der Waals surface area contributed by atoms with Crippen LogP contribution in [0.1, 0.15) is 25.5 Å². The first-order valence-corrected chi connectivity index (χ1v) is 8.50. The van der Waals surface area contributed by atoms with E-state index in [0.717, 1.165) is 36.9 Å². The molecule has 0 saturated carbocycles. The summed E-state index contributed by atoms with van der Waals surface area (Å²) in [7, 11) is 0. The summed E-state index contributed by atoms with van der Waals surface area (Å²) in [4.78, 5) is 11.4. The molecule has 0 unspecified atom stereocenters. The maximum atomic E-state index is 13.0. The summed E-state index contributed by atoms with van der Waals surface area (Å²) < 4.78 is 18.5. The smallest absolute Gasteiger partial charge is 0.226 e. The summed E-state index contributed by atoms with van der Waals surface area (Å²) in [5.41, 5.74) is 1.63. The lowest BCUT2D eigenvalue weighted by molar-refractivity contribution is 0.494. The van der Waals surface area contributed by atoms with Crippen LogP contribution >= 0.6 is 0 Å². The highest BCUT2D eigenvalue weighted by molar-refractivity contribution is 5.80. The molecular formula is C18H23FN4O. The first-order chi connectivity index (χ1) is 11.8. The maximum absolute atomic E-state index is 13.0. The van der Waals surface area contributed by atoms with E-state index in [1.807, 2.05) is 0 Å². The Kier molecular flexibility index (Phi) is 5.46. The monoisotopic (exact) mass is 330 g/mol. The van der Waals surface area contributed by atoms with Crippen LogP contribution in [0.25, 0.3) is 11.5 Å². The molecule has 0 radical (unpaired) electrons. The van der Waals surface area contributed by atoms with Crippen molar-refractivity contribution in [3.05, 3.63) is 42.0 Å². The zero-order valence-electron chi connectivity index (χ0n) is 14.0. The molecule has 0 amide bonds. The van der Waals surface area contributed by atoms with E-state index in [1.54, 1.807) is 18.4 Å². The Morgan fingerprint density at radius 2 is 2.04 bits per heavy atom. The second kappa shape index (κ2) is 7.95. The highest BCUT2D eigenvalue weighted by Gasteiger charge is 2.15. The van der Waals surface area contributed by atoms with Gasteiger partial charge < -0.3 is 14.6 Å². The second-order valence-corrected chi connectivity index (χ2v) is 5.83. The van der Waals surface area contributed by atoms with Crippen molar-refractivity contribution < 1.29 is 8.81 Å². The molecule has 1 aromatic carbocycles. The van der Waals surface area contributed by atoms with Crippen LogP contribution in [0.15, 0.2) is 39.9 Å². The quantitative estimate of drug-likeness (QED) is 0.676. The van der Waals surface area contributed by atoms with Gasteiger partial charge in [0.2, 0.25) is 5.89 Å². The van der Waals surface area contributed by atoms with Crippen molar-refractivity contribution >= 4 is 5.96 Å². The molecule has 1 fully saturated rings. The van der Waals surface area contributed by atoms with Crippen LogP contribution < -0.4 is 5.32 Å². The fourth-order valence-corrected chi connectivity index (χ4v) is 2.78. The van der Waals surface area contributed by atoms with Gasteiger partial charge in [0.25, 0.3) is 0 Å². The van der Waals surface area contributed by atoms with Crippen molar-refractivity contribution in [2.75, 3.05) is 26.2 Å². The fourth-order valence-electron chi connectivity index (χ4n) is 2.78. The van der Waals surface area contributed by atoms with Crippen molar-refractivity contribution in [3.8, 4) is 11.5 Å². The summed E-state index contributed by atoms with van der Waals surface area (Å²) in [6, 6.07) is 6.14. The number of oxazole rings is 1. The van der Waals surface area contributed by atoms with Crippen LogP contribution in [0.4, 0.5) is 4.39 Å². The van der Waals surface area contributed by atoms with E-state index in [0.29, 0.717) is 18.9 Å². The third kappa shape index (κ3) is 4.13. The molecule has 1 saturated heterocycles. The molecule has 1 aromatic heterocycles. The number of hydrogen-bond donors (Lipinski definition) is 1. The van der Waals surface area contributed by atoms with E-state index >= 15 is 0 Å². The van der Waals surface area contributed by atoms with Crippen LogP contribution in [0.2, 0.25) is 0 Å². The van der Waals surface area contributed by atoms with Gasteiger partial charge in [0.15, 0.2) is 5.96 Å². The lowest BCUT2D eigenvalue weighted by Crippen LogP contribution is -2.39. The molecule has 1 N–H and O–H groups in total. The van der Waals surface area contributed by atoms with E-state index in [1.165, 1.54) is 25.0 Å². The van der Waals surface area contributed by atoms with E-state index in [9.17, 15) is 4.39 Å². The summed E-state index contributed by atoms with van der Waals surface area (Å²) >= 11 is 0. The van der Waals surface area contributed by atoms with Crippen LogP contribution in [0, 0.1) is 5.82 Å². The third-order valence-electron chi connectivity index (χ3n) is 4.01. The minimum absolute atomic E-state index is 0.266. The average Bonchev–Trinajstić information content (AvgIpc) is 3.27. The molecule has 0 aliphatic carbocycles. The van der Waals surface area contributed by atoms with Gasteiger partial charge in [0, 0.05) is 38.2 Å². The number of nitrogens with zero attached hydrogens (tertiary/aromatic N) is 3. The van der Waals surface area contributed by atoms with E-state index in [4.69, 9.17) is 4.42 Å². The zero-order chi connectivity index (χ0) is 16.8. The van der Waals surface area contributed by atoms with Crippen molar-refractivity contribution in [3.63, 3.8) is 0 Å². The predicted molar refractivity (Wildman–Crippen MR) is 92.4 cm³/mol. The summed E-state index contributed by atoms with van der Waals surface area (Å²) in [5, 5.41) is 3.34. The summed E-state index contributed by atoms with van der Waals surface area (Å²) in [6.45, 7) is 5.76. The number of rotatable bonds is 5. The Balaban J connectivity index is 1.60. The molecule has 1 aliphatic heterocycles. The topological polar surface area (TPSA) is 53.7 Å². The molecule has 0 bridgehead atoms. The number of aliphatic imine (C=N–C) groups is 1. The minimum atomic E-state index is -0.266. The Morgan fingerprint density at radius 1 is 1.29 bits per heavy atom. The lowest BCUT2D eigenvalue weighted by atomic mass is 10.2. The number of benzene rings is 1. The van der Waals surface area contributed by atoms with Crippen LogP contribution in [-0.2, 0) is 6.42 Å². The number of halogens is 1. The first-order valence-electron chi connectivity index (χ1n) is 8.50. The van der Waals surface area contributed by atoms with Gasteiger partial charge in [-0.3, -0.25) is 4.99 Å². The molecule has 1 aliphatic rings. The Labute approximate surface area is 141 Å². The fraction of sp³-hybridized carbons (Fsp3) is 0.444. The molecule has 5 nitrogen and oxygen atoms in total. The van der Waals surface area contributed by atoms with E-state index < -0.39 is 0 Å². The molecule has 0 atom stereocenters.